The van der Waals surface area contributed by atoms with Crippen molar-refractivity contribution in [2.24, 2.45) is 0 Å². The van der Waals surface area contributed by atoms with Crippen LogP contribution in [0.3, 0.4) is 0 Å². The van der Waals surface area contributed by atoms with Crippen LogP contribution in [0.25, 0.3) is 0 Å². The largest absolute Gasteiger partial charge is 0.497 e. The van der Waals surface area contributed by atoms with Crippen LogP contribution in [0, 0.1) is 12.3 Å². The van der Waals surface area contributed by atoms with E-state index < -0.39 is 10.0 Å². The Hall–Kier alpha value is -2.90. The molecule has 3 rings (SSSR count). The molecule has 0 unspecified atom stereocenters. The molecular formula is C22H24ClN3O3S. The number of nitrogens with one attached hydrogen (secondary N) is 2. The Bertz CT molecular complexity index is 1110. The normalized spacial score (nSPS) is 10.6. The number of aryl methyl sites for hydroxylation is 1. The summed E-state index contributed by atoms with van der Waals surface area (Å²) in [5.41, 5.74) is 1.74. The average Bonchev–Trinajstić information content (AvgIpc) is 2.75. The number of pyridine rings is 1. The summed E-state index contributed by atoms with van der Waals surface area (Å²) in [6, 6.07) is 14.8. The summed E-state index contributed by atoms with van der Waals surface area (Å²) in [6.07, 6.45) is 1.39. The molecule has 0 bridgehead atoms. The van der Waals surface area contributed by atoms with Crippen LogP contribution in [-0.2, 0) is 10.0 Å². The van der Waals surface area contributed by atoms with Crippen LogP contribution in [0.5, 0.6) is 5.75 Å². The molecule has 0 fully saturated rings. The lowest BCUT2D eigenvalue weighted by Gasteiger charge is -2.14. The van der Waals surface area contributed by atoms with Crippen LogP contribution in [0.4, 0.5) is 5.82 Å². The first-order valence-corrected chi connectivity index (χ1v) is 11.2. The number of hydrogen-bond acceptors (Lipinski definition) is 5. The minimum atomic E-state index is -3.88. The molecule has 2 N–H and O–H groups in total. The predicted octanol–water partition coefficient (Wildman–Crippen LogP) is 5.30. The average molecular weight is 446 g/mol. The van der Waals surface area contributed by atoms with Crippen molar-refractivity contribution >= 4 is 33.2 Å². The monoisotopic (exact) mass is 445 g/mol. The second-order valence-corrected chi connectivity index (χ2v) is 8.13. The molecule has 0 aliphatic heterocycles. The fourth-order valence-electron chi connectivity index (χ4n) is 2.56. The third kappa shape index (κ3) is 5.37. The number of sulfonamides is 1. The SMILES string of the molecule is CC.COc1ccc(C(=N)c2c(Cl)ccnc2NS(=O)(=O)c2ccc(C)cc2)cc1. The molecule has 8 heteroatoms. The Balaban J connectivity index is 0.00000155. The van der Waals surface area contributed by atoms with E-state index in [4.69, 9.17) is 21.7 Å². The van der Waals surface area contributed by atoms with Gasteiger partial charge < -0.3 is 4.74 Å². The van der Waals surface area contributed by atoms with Crippen LogP contribution < -0.4 is 9.46 Å². The van der Waals surface area contributed by atoms with E-state index >= 15 is 0 Å². The number of hydrogen-bond donors (Lipinski definition) is 2. The van der Waals surface area contributed by atoms with Crippen molar-refractivity contribution in [3.05, 3.63) is 82.5 Å². The molecule has 0 atom stereocenters. The maximum atomic E-state index is 12.7. The fourth-order valence-corrected chi connectivity index (χ4v) is 3.82. The molecular weight excluding hydrogens is 422 g/mol. The van der Waals surface area contributed by atoms with Gasteiger partial charge in [0.15, 0.2) is 5.82 Å². The van der Waals surface area contributed by atoms with Crippen LogP contribution in [0.2, 0.25) is 5.02 Å². The van der Waals surface area contributed by atoms with Crippen molar-refractivity contribution < 1.29 is 13.2 Å². The number of anilines is 1. The van der Waals surface area contributed by atoms with Crippen LogP contribution in [0.1, 0.15) is 30.5 Å². The standard InChI is InChI=1S/C20H18ClN3O3S.C2H6/c1-13-3-9-16(10-4-13)28(25,26)24-20-18(17(21)11-12-23-20)19(22)14-5-7-15(27-2)8-6-14;1-2/h3-12,22H,1-2H3,(H,23,24);1-2H3. The number of methoxy groups -OCH3 is 1. The van der Waals surface area contributed by atoms with Crippen molar-refractivity contribution in [3.8, 4) is 5.75 Å². The molecule has 0 spiro atoms. The summed E-state index contributed by atoms with van der Waals surface area (Å²) in [4.78, 5) is 4.21. The smallest absolute Gasteiger partial charge is 0.263 e. The quantitative estimate of drug-likeness (QED) is 0.504. The molecule has 0 saturated carbocycles. The van der Waals surface area contributed by atoms with Crippen molar-refractivity contribution in [2.75, 3.05) is 11.8 Å². The van der Waals surface area contributed by atoms with Crippen molar-refractivity contribution in [2.45, 2.75) is 25.7 Å². The summed E-state index contributed by atoms with van der Waals surface area (Å²) in [7, 11) is -2.33. The number of halogens is 1. The third-order valence-electron chi connectivity index (χ3n) is 4.09. The van der Waals surface area contributed by atoms with Gasteiger partial charge in [-0.1, -0.05) is 43.1 Å². The number of ether oxygens (including phenoxy) is 1. The number of nitrogens with zero attached hydrogens (tertiary/aromatic N) is 1. The minimum absolute atomic E-state index is 0.00565. The first-order valence-electron chi connectivity index (χ1n) is 9.29. The summed E-state index contributed by atoms with van der Waals surface area (Å²) >= 11 is 6.29. The summed E-state index contributed by atoms with van der Waals surface area (Å²) in [5, 5.41) is 8.74. The molecule has 0 aliphatic carbocycles. The zero-order valence-electron chi connectivity index (χ0n) is 17.2. The Morgan fingerprint density at radius 2 is 1.63 bits per heavy atom. The molecule has 1 heterocycles. The van der Waals surface area contributed by atoms with Gasteiger partial charge >= 0.3 is 0 Å². The Morgan fingerprint density at radius 1 is 1.03 bits per heavy atom. The molecule has 3 aromatic rings. The summed E-state index contributed by atoms with van der Waals surface area (Å²) in [5.74, 6) is 0.642. The van der Waals surface area contributed by atoms with E-state index in [1.165, 1.54) is 24.4 Å². The highest BCUT2D eigenvalue weighted by Gasteiger charge is 2.21. The van der Waals surface area contributed by atoms with Crippen LogP contribution >= 0.6 is 11.6 Å². The van der Waals surface area contributed by atoms with Gasteiger partial charge in [0.1, 0.15) is 5.75 Å². The zero-order valence-corrected chi connectivity index (χ0v) is 18.8. The van der Waals surface area contributed by atoms with E-state index in [0.29, 0.717) is 11.3 Å². The fraction of sp³-hybridized carbons (Fsp3) is 0.182. The highest BCUT2D eigenvalue weighted by Crippen LogP contribution is 2.28. The van der Waals surface area contributed by atoms with Crippen molar-refractivity contribution in [1.82, 2.24) is 4.98 Å². The van der Waals surface area contributed by atoms with E-state index in [1.807, 2.05) is 20.8 Å². The number of aromatic nitrogens is 1. The van der Waals surface area contributed by atoms with E-state index in [9.17, 15) is 8.42 Å². The molecule has 0 saturated heterocycles. The van der Waals surface area contributed by atoms with E-state index in [0.717, 1.165) is 5.56 Å². The predicted molar refractivity (Wildman–Crippen MR) is 122 cm³/mol. The van der Waals surface area contributed by atoms with Gasteiger partial charge in [-0.3, -0.25) is 10.1 Å². The van der Waals surface area contributed by atoms with Crippen LogP contribution in [-0.4, -0.2) is 26.2 Å². The Kier molecular flexibility index (Phi) is 7.97. The molecule has 158 valence electrons. The molecule has 0 amide bonds. The molecule has 0 radical (unpaired) electrons. The lowest BCUT2D eigenvalue weighted by molar-refractivity contribution is 0.415. The van der Waals surface area contributed by atoms with Gasteiger partial charge in [0.05, 0.1) is 28.3 Å². The second kappa shape index (κ2) is 10.2. The lowest BCUT2D eigenvalue weighted by Crippen LogP contribution is -2.17. The van der Waals surface area contributed by atoms with Gasteiger partial charge in [-0.2, -0.15) is 0 Å². The maximum Gasteiger partial charge on any atom is 0.263 e. The molecule has 2 aromatic carbocycles. The zero-order chi connectivity index (χ0) is 22.3. The van der Waals surface area contributed by atoms with Crippen molar-refractivity contribution in [1.29, 1.82) is 5.41 Å². The Morgan fingerprint density at radius 3 is 2.20 bits per heavy atom. The van der Waals surface area contributed by atoms with E-state index in [2.05, 4.69) is 9.71 Å². The van der Waals surface area contributed by atoms with Gasteiger partial charge in [0, 0.05) is 11.8 Å². The highest BCUT2D eigenvalue weighted by atomic mass is 35.5. The number of rotatable bonds is 6. The van der Waals surface area contributed by atoms with Gasteiger partial charge in [-0.25, -0.2) is 13.4 Å². The maximum absolute atomic E-state index is 12.7. The first-order chi connectivity index (χ1) is 14.3. The van der Waals surface area contributed by atoms with Gasteiger partial charge in [-0.05, 0) is 49.4 Å². The molecule has 6 nitrogen and oxygen atoms in total. The minimum Gasteiger partial charge on any atom is -0.497 e. The van der Waals surface area contributed by atoms with Gasteiger partial charge in [0.25, 0.3) is 10.0 Å². The van der Waals surface area contributed by atoms with Gasteiger partial charge in [-0.15, -0.1) is 0 Å². The number of benzene rings is 2. The van der Waals surface area contributed by atoms with Gasteiger partial charge in [0.2, 0.25) is 0 Å². The summed E-state index contributed by atoms with van der Waals surface area (Å²) < 4.78 is 33.0. The van der Waals surface area contributed by atoms with Crippen LogP contribution in [0.15, 0.2) is 65.7 Å². The molecule has 1 aromatic heterocycles. The molecule has 0 aliphatic rings. The Labute approximate surface area is 182 Å². The second-order valence-electron chi connectivity index (χ2n) is 6.04. The first kappa shape index (κ1) is 23.4. The molecule has 30 heavy (non-hydrogen) atoms. The lowest BCUT2D eigenvalue weighted by atomic mass is 10.0. The summed E-state index contributed by atoms with van der Waals surface area (Å²) in [6.45, 7) is 5.87. The van der Waals surface area contributed by atoms with E-state index in [-0.39, 0.29) is 27.0 Å². The highest BCUT2D eigenvalue weighted by molar-refractivity contribution is 7.92. The topological polar surface area (TPSA) is 92.1 Å². The van der Waals surface area contributed by atoms with E-state index in [1.54, 1.807) is 43.5 Å². The van der Waals surface area contributed by atoms with Crippen molar-refractivity contribution in [3.63, 3.8) is 0 Å². The third-order valence-corrected chi connectivity index (χ3v) is 5.76.